The van der Waals surface area contributed by atoms with Crippen LogP contribution in [0.1, 0.15) is 10.4 Å². The van der Waals surface area contributed by atoms with Crippen LogP contribution in [0.15, 0.2) is 83.9 Å². The minimum absolute atomic E-state index is 0.161. The van der Waals surface area contributed by atoms with Crippen molar-refractivity contribution in [3.05, 3.63) is 84.6 Å². The van der Waals surface area contributed by atoms with E-state index in [1.165, 1.54) is 23.5 Å². The summed E-state index contributed by atoms with van der Waals surface area (Å²) < 4.78 is 28.3. The van der Waals surface area contributed by atoms with E-state index in [2.05, 4.69) is 20.0 Å². The third-order valence-corrected chi connectivity index (χ3v) is 7.15. The van der Waals surface area contributed by atoms with Crippen molar-refractivity contribution < 1.29 is 13.2 Å². The molecule has 3 N–H and O–H groups in total. The molecule has 9 heteroatoms. The van der Waals surface area contributed by atoms with Crippen LogP contribution in [0.3, 0.4) is 0 Å². The Morgan fingerprint density at radius 3 is 2.65 bits per heavy atom. The average Bonchev–Trinajstić information content (AvgIpc) is 3.39. The topological polar surface area (TPSA) is 104 Å². The molecule has 0 aliphatic rings. The normalized spacial score (nSPS) is 11.6. The van der Waals surface area contributed by atoms with Crippen molar-refractivity contribution in [3.8, 4) is 0 Å². The Morgan fingerprint density at radius 2 is 1.81 bits per heavy atom. The lowest BCUT2D eigenvalue weighted by Crippen LogP contribution is -2.12. The van der Waals surface area contributed by atoms with Gasteiger partial charge in [0, 0.05) is 28.4 Å². The number of hydrogen-bond donors (Lipinski definition) is 3. The lowest BCUT2D eigenvalue weighted by atomic mass is 10.2. The van der Waals surface area contributed by atoms with Gasteiger partial charge in [-0.15, -0.1) is 0 Å². The number of thiazole rings is 1. The van der Waals surface area contributed by atoms with Gasteiger partial charge in [-0.1, -0.05) is 29.5 Å². The summed E-state index contributed by atoms with van der Waals surface area (Å²) in [6.07, 6.45) is 1.84. The number of carbonyl (C=O) groups excluding carboxylic acids is 1. The fourth-order valence-electron chi connectivity index (χ4n) is 3.22. The molecule has 154 valence electrons. The molecule has 1 amide bonds. The second kappa shape index (κ2) is 7.53. The summed E-state index contributed by atoms with van der Waals surface area (Å²) in [6.45, 7) is 0. The van der Waals surface area contributed by atoms with Crippen LogP contribution in [0, 0.1) is 0 Å². The molecular weight excluding hydrogens is 432 g/mol. The zero-order chi connectivity index (χ0) is 21.4. The molecule has 5 aromatic rings. The van der Waals surface area contributed by atoms with Gasteiger partial charge in [-0.3, -0.25) is 9.52 Å². The summed E-state index contributed by atoms with van der Waals surface area (Å²) in [7, 11) is -3.73. The summed E-state index contributed by atoms with van der Waals surface area (Å²) in [5.41, 5.74) is 2.76. The second-order valence-corrected chi connectivity index (χ2v) is 9.57. The quantitative estimate of drug-likeness (QED) is 0.358. The van der Waals surface area contributed by atoms with E-state index >= 15 is 0 Å². The predicted molar refractivity (Wildman–Crippen MR) is 123 cm³/mol. The van der Waals surface area contributed by atoms with Crippen molar-refractivity contribution in [2.75, 3.05) is 10.0 Å². The number of nitrogens with one attached hydrogen (secondary N) is 3. The largest absolute Gasteiger partial charge is 0.361 e. The lowest BCUT2D eigenvalue weighted by Gasteiger charge is -2.05. The Labute approximate surface area is 181 Å². The van der Waals surface area contributed by atoms with Gasteiger partial charge in [-0.2, -0.15) is 0 Å². The Balaban J connectivity index is 1.38. The second-order valence-electron chi connectivity index (χ2n) is 6.85. The van der Waals surface area contributed by atoms with Gasteiger partial charge in [0.25, 0.3) is 15.9 Å². The van der Waals surface area contributed by atoms with Crippen molar-refractivity contribution in [1.29, 1.82) is 0 Å². The molecule has 0 unspecified atom stereocenters. The van der Waals surface area contributed by atoms with Crippen LogP contribution in [0.4, 0.5) is 10.8 Å². The number of nitrogens with zero attached hydrogens (tertiary/aromatic N) is 1. The van der Waals surface area contributed by atoms with E-state index in [9.17, 15) is 13.2 Å². The van der Waals surface area contributed by atoms with Gasteiger partial charge in [0.2, 0.25) is 0 Å². The summed E-state index contributed by atoms with van der Waals surface area (Å²) in [4.78, 5) is 20.3. The first kappa shape index (κ1) is 19.3. The number of hydrogen-bond acceptors (Lipinski definition) is 5. The summed E-state index contributed by atoms with van der Waals surface area (Å²) in [5.74, 6) is -0.253. The number of sulfonamides is 1. The van der Waals surface area contributed by atoms with Crippen LogP contribution in [-0.2, 0) is 10.0 Å². The Kier molecular flexibility index (Phi) is 4.68. The molecule has 2 heterocycles. The third-order valence-electron chi connectivity index (χ3n) is 4.74. The van der Waals surface area contributed by atoms with Crippen LogP contribution < -0.4 is 10.0 Å². The van der Waals surface area contributed by atoms with Crippen LogP contribution in [0.5, 0.6) is 0 Å². The fourth-order valence-corrected chi connectivity index (χ4v) is 5.38. The highest BCUT2D eigenvalue weighted by Gasteiger charge is 2.17. The van der Waals surface area contributed by atoms with E-state index < -0.39 is 10.0 Å². The van der Waals surface area contributed by atoms with Crippen molar-refractivity contribution in [1.82, 2.24) is 9.97 Å². The summed E-state index contributed by atoms with van der Waals surface area (Å²) in [5, 5.41) is 4.14. The highest BCUT2D eigenvalue weighted by molar-refractivity contribution is 7.93. The number of amides is 1. The van der Waals surface area contributed by atoms with Gasteiger partial charge in [0.05, 0.1) is 15.1 Å². The standard InChI is InChI=1S/C22H16N4O3S2/c27-21(24-16-7-9-18-14(12-16)10-11-23-18)15-6-8-19-20(13-15)30-22(25-19)26-31(28,29)17-4-2-1-3-5-17/h1-13,23H,(H,24,27)(H,25,26). The number of aromatic nitrogens is 2. The van der Waals surface area contributed by atoms with E-state index in [0.29, 0.717) is 21.5 Å². The van der Waals surface area contributed by atoms with Crippen molar-refractivity contribution in [3.63, 3.8) is 0 Å². The number of aromatic amines is 1. The minimum atomic E-state index is -3.73. The number of fused-ring (bicyclic) bond motifs is 2. The maximum Gasteiger partial charge on any atom is 0.263 e. The fraction of sp³-hybridized carbons (Fsp3) is 0. The Morgan fingerprint density at radius 1 is 0.968 bits per heavy atom. The molecule has 0 saturated carbocycles. The van der Waals surface area contributed by atoms with Crippen molar-refractivity contribution >= 4 is 59.2 Å². The number of benzene rings is 3. The molecule has 3 aromatic carbocycles. The first-order chi connectivity index (χ1) is 15.0. The molecule has 0 spiro atoms. The van der Waals surface area contributed by atoms with Crippen molar-refractivity contribution in [2.24, 2.45) is 0 Å². The van der Waals surface area contributed by atoms with Gasteiger partial charge in [0.15, 0.2) is 5.13 Å². The maximum absolute atomic E-state index is 12.7. The molecule has 0 aliphatic carbocycles. The lowest BCUT2D eigenvalue weighted by molar-refractivity contribution is 0.102. The molecule has 31 heavy (non-hydrogen) atoms. The smallest absolute Gasteiger partial charge is 0.263 e. The van der Waals surface area contributed by atoms with Crippen LogP contribution in [-0.4, -0.2) is 24.3 Å². The predicted octanol–water partition coefficient (Wildman–Crippen LogP) is 4.83. The zero-order valence-electron chi connectivity index (χ0n) is 16.0. The highest BCUT2D eigenvalue weighted by atomic mass is 32.2. The molecule has 0 bridgehead atoms. The minimum Gasteiger partial charge on any atom is -0.361 e. The molecule has 5 rings (SSSR count). The molecule has 0 atom stereocenters. The van der Waals surface area contributed by atoms with E-state index in [4.69, 9.17) is 0 Å². The summed E-state index contributed by atoms with van der Waals surface area (Å²) >= 11 is 1.17. The van der Waals surface area contributed by atoms with Crippen molar-refractivity contribution in [2.45, 2.75) is 4.90 Å². The van der Waals surface area contributed by atoms with Crippen LogP contribution in [0.25, 0.3) is 21.1 Å². The number of carbonyl (C=O) groups is 1. The van der Waals surface area contributed by atoms with E-state index in [1.807, 2.05) is 30.5 Å². The number of anilines is 2. The zero-order valence-corrected chi connectivity index (χ0v) is 17.6. The van der Waals surface area contributed by atoms with Crippen LogP contribution >= 0.6 is 11.3 Å². The van der Waals surface area contributed by atoms with Gasteiger partial charge < -0.3 is 10.3 Å². The SMILES string of the molecule is O=C(Nc1ccc2[nH]ccc2c1)c1ccc2nc(NS(=O)(=O)c3ccccc3)sc2c1. The molecule has 2 aromatic heterocycles. The highest BCUT2D eigenvalue weighted by Crippen LogP contribution is 2.29. The van der Waals surface area contributed by atoms with Crippen LogP contribution in [0.2, 0.25) is 0 Å². The summed E-state index contributed by atoms with van der Waals surface area (Å²) in [6, 6.07) is 20.7. The first-order valence-electron chi connectivity index (χ1n) is 9.35. The molecule has 7 nitrogen and oxygen atoms in total. The van der Waals surface area contributed by atoms with E-state index in [-0.39, 0.29) is 15.9 Å². The molecule has 0 saturated heterocycles. The van der Waals surface area contributed by atoms with Gasteiger partial charge in [-0.05, 0) is 54.6 Å². The average molecular weight is 449 g/mol. The molecule has 0 aliphatic heterocycles. The molecule has 0 radical (unpaired) electrons. The van der Waals surface area contributed by atoms with E-state index in [0.717, 1.165) is 10.9 Å². The molecule has 0 fully saturated rings. The number of rotatable bonds is 5. The monoisotopic (exact) mass is 448 g/mol. The van der Waals surface area contributed by atoms with Gasteiger partial charge >= 0.3 is 0 Å². The van der Waals surface area contributed by atoms with Gasteiger partial charge in [0.1, 0.15) is 0 Å². The first-order valence-corrected chi connectivity index (χ1v) is 11.6. The van der Waals surface area contributed by atoms with E-state index in [1.54, 1.807) is 36.4 Å². The Hall–Kier alpha value is -3.69. The van der Waals surface area contributed by atoms with Gasteiger partial charge in [-0.25, -0.2) is 13.4 Å². The Bertz CT molecular complexity index is 1520. The third kappa shape index (κ3) is 3.88. The molecular formula is C22H16N4O3S2. The number of H-pyrrole nitrogens is 1. The maximum atomic E-state index is 12.7.